The first-order valence-corrected chi connectivity index (χ1v) is 5.82. The van der Waals surface area contributed by atoms with E-state index in [-0.39, 0.29) is 30.3 Å². The molecule has 0 unspecified atom stereocenters. The number of nitrogens with zero attached hydrogens (tertiary/aromatic N) is 3. The highest BCUT2D eigenvalue weighted by Gasteiger charge is 2.35. The molecule has 0 spiro atoms. The van der Waals surface area contributed by atoms with Gasteiger partial charge in [-0.1, -0.05) is 0 Å². The third-order valence-electron chi connectivity index (χ3n) is 2.65. The fourth-order valence-electron chi connectivity index (χ4n) is 1.75. The van der Waals surface area contributed by atoms with Crippen LogP contribution in [0.3, 0.4) is 0 Å². The third-order valence-corrected chi connectivity index (χ3v) is 3.45. The van der Waals surface area contributed by atoms with Crippen LogP contribution in [0.5, 0.6) is 0 Å². The van der Waals surface area contributed by atoms with Crippen LogP contribution in [0.15, 0.2) is 10.7 Å². The van der Waals surface area contributed by atoms with Crippen molar-refractivity contribution in [3.8, 4) is 0 Å². The zero-order valence-electron chi connectivity index (χ0n) is 9.34. The van der Waals surface area contributed by atoms with E-state index >= 15 is 0 Å². The van der Waals surface area contributed by atoms with E-state index in [4.69, 9.17) is 0 Å². The number of nitro groups is 1. The van der Waals surface area contributed by atoms with Crippen LogP contribution in [0, 0.1) is 17.0 Å². The summed E-state index contributed by atoms with van der Waals surface area (Å²) in [5.41, 5.74) is 0.115. The number of pyridine rings is 1. The van der Waals surface area contributed by atoms with Gasteiger partial charge in [0.25, 0.3) is 0 Å². The van der Waals surface area contributed by atoms with Crippen LogP contribution >= 0.6 is 15.9 Å². The average molecular weight is 314 g/mol. The van der Waals surface area contributed by atoms with Crippen molar-refractivity contribution in [3.63, 3.8) is 0 Å². The first-order valence-electron chi connectivity index (χ1n) is 5.03. The van der Waals surface area contributed by atoms with Gasteiger partial charge in [0.15, 0.2) is 5.78 Å². The summed E-state index contributed by atoms with van der Waals surface area (Å²) in [6.45, 7) is 1.39. The maximum atomic E-state index is 11.6. The summed E-state index contributed by atoms with van der Waals surface area (Å²) >= 11 is 3.15. The van der Waals surface area contributed by atoms with Crippen molar-refractivity contribution < 1.29 is 14.5 Å². The van der Waals surface area contributed by atoms with Crippen molar-refractivity contribution in [1.29, 1.82) is 0 Å². The molecule has 0 saturated carbocycles. The number of Topliss-reactive ketones (excluding diaryl/α,β-unsaturated/α-hetero) is 1. The minimum Gasteiger partial charge on any atom is -0.297 e. The number of halogens is 1. The molecule has 1 aliphatic heterocycles. The Morgan fingerprint density at radius 1 is 1.50 bits per heavy atom. The highest BCUT2D eigenvalue weighted by atomic mass is 79.9. The van der Waals surface area contributed by atoms with E-state index in [2.05, 4.69) is 20.9 Å². The Morgan fingerprint density at radius 3 is 2.67 bits per heavy atom. The molecule has 0 aliphatic carbocycles. The van der Waals surface area contributed by atoms with E-state index in [0.717, 1.165) is 4.90 Å². The fourth-order valence-corrected chi connectivity index (χ4v) is 2.04. The second-order valence-corrected chi connectivity index (χ2v) is 4.71. The number of anilines is 1. The molecule has 2 heterocycles. The lowest BCUT2D eigenvalue weighted by molar-refractivity contribution is -0.384. The van der Waals surface area contributed by atoms with E-state index in [1.807, 2.05) is 0 Å². The highest BCUT2D eigenvalue weighted by molar-refractivity contribution is 9.10. The molecular formula is C10H8BrN3O4. The van der Waals surface area contributed by atoms with Crippen molar-refractivity contribution in [2.24, 2.45) is 0 Å². The second-order valence-electron chi connectivity index (χ2n) is 3.86. The molecule has 1 saturated heterocycles. The molecule has 2 rings (SSSR count). The number of aromatic nitrogens is 1. The molecule has 8 heteroatoms. The molecule has 7 nitrogen and oxygen atoms in total. The van der Waals surface area contributed by atoms with Gasteiger partial charge in [0.2, 0.25) is 11.7 Å². The van der Waals surface area contributed by atoms with E-state index in [0.29, 0.717) is 10.0 Å². The zero-order valence-corrected chi connectivity index (χ0v) is 10.9. The summed E-state index contributed by atoms with van der Waals surface area (Å²) in [6, 6.07) is 0. The van der Waals surface area contributed by atoms with E-state index in [1.165, 1.54) is 6.20 Å². The van der Waals surface area contributed by atoms with Crippen LogP contribution in [0.4, 0.5) is 11.5 Å². The average Bonchev–Trinajstić information content (AvgIpc) is 2.61. The summed E-state index contributed by atoms with van der Waals surface area (Å²) in [5.74, 6) is -0.800. The van der Waals surface area contributed by atoms with Crippen molar-refractivity contribution in [2.75, 3.05) is 11.4 Å². The van der Waals surface area contributed by atoms with Crippen LogP contribution in [-0.4, -0.2) is 28.1 Å². The largest absolute Gasteiger partial charge is 0.316 e. The predicted molar refractivity (Wildman–Crippen MR) is 65.3 cm³/mol. The number of amides is 1. The van der Waals surface area contributed by atoms with Gasteiger partial charge in [0, 0.05) is 16.2 Å². The minimum absolute atomic E-state index is 0.0726. The van der Waals surface area contributed by atoms with Crippen molar-refractivity contribution >= 4 is 39.1 Å². The van der Waals surface area contributed by atoms with Crippen LogP contribution in [0.25, 0.3) is 0 Å². The van der Waals surface area contributed by atoms with Crippen LogP contribution in [-0.2, 0) is 9.59 Å². The summed E-state index contributed by atoms with van der Waals surface area (Å²) in [7, 11) is 0. The number of hydrogen-bond donors (Lipinski definition) is 0. The normalized spacial score (nSPS) is 15.3. The maximum Gasteiger partial charge on any atom is 0.316 e. The Kier molecular flexibility index (Phi) is 3.12. The van der Waals surface area contributed by atoms with Crippen molar-refractivity contribution in [1.82, 2.24) is 4.98 Å². The molecule has 1 fully saturated rings. The summed E-state index contributed by atoms with van der Waals surface area (Å²) < 4.78 is 0.482. The maximum absolute atomic E-state index is 11.6. The quantitative estimate of drug-likeness (QED) is 0.467. The van der Waals surface area contributed by atoms with Gasteiger partial charge in [-0.05, 0) is 22.9 Å². The molecule has 0 bridgehead atoms. The van der Waals surface area contributed by atoms with Gasteiger partial charge in [-0.3, -0.25) is 24.6 Å². The Morgan fingerprint density at radius 2 is 2.17 bits per heavy atom. The van der Waals surface area contributed by atoms with Gasteiger partial charge >= 0.3 is 5.69 Å². The Labute approximate surface area is 110 Å². The van der Waals surface area contributed by atoms with Gasteiger partial charge in [-0.25, -0.2) is 4.98 Å². The van der Waals surface area contributed by atoms with Crippen LogP contribution < -0.4 is 4.90 Å². The molecule has 1 aromatic heterocycles. The first-order chi connectivity index (χ1) is 8.41. The van der Waals surface area contributed by atoms with Gasteiger partial charge in [0.05, 0.1) is 17.9 Å². The molecule has 0 aromatic carbocycles. The molecule has 0 atom stereocenters. The number of carbonyl (C=O) groups is 2. The lowest BCUT2D eigenvalue weighted by Crippen LogP contribution is -2.26. The van der Waals surface area contributed by atoms with Crippen molar-refractivity contribution in [3.05, 3.63) is 26.3 Å². The molecule has 0 N–H and O–H groups in total. The van der Waals surface area contributed by atoms with E-state index in [9.17, 15) is 19.7 Å². The molecule has 18 heavy (non-hydrogen) atoms. The van der Waals surface area contributed by atoms with Crippen LogP contribution in [0.1, 0.15) is 12.0 Å². The number of hydrogen-bond acceptors (Lipinski definition) is 5. The molecular weight excluding hydrogens is 306 g/mol. The summed E-state index contributed by atoms with van der Waals surface area (Å²) in [4.78, 5) is 38.2. The number of ketones is 1. The van der Waals surface area contributed by atoms with Crippen LogP contribution in [0.2, 0.25) is 0 Å². The number of rotatable bonds is 2. The van der Waals surface area contributed by atoms with E-state index in [1.54, 1.807) is 6.92 Å². The van der Waals surface area contributed by atoms with Gasteiger partial charge in [-0.15, -0.1) is 0 Å². The van der Waals surface area contributed by atoms with Gasteiger partial charge in [-0.2, -0.15) is 0 Å². The predicted octanol–water partition coefficient (Wildman–Crippen LogP) is 1.37. The minimum atomic E-state index is -0.599. The monoisotopic (exact) mass is 313 g/mol. The third kappa shape index (κ3) is 1.99. The molecule has 94 valence electrons. The van der Waals surface area contributed by atoms with Gasteiger partial charge in [0.1, 0.15) is 0 Å². The Hall–Kier alpha value is -1.83. The molecule has 1 amide bonds. The standard InChI is InChI=1S/C10H8BrN3O4/c1-5-7(11)3-12-10(9(5)14(17)18)13-4-6(15)2-8(13)16/h3H,2,4H2,1H3. The Bertz CT molecular complexity index is 572. The number of carbonyl (C=O) groups excluding carboxylic acids is 2. The van der Waals surface area contributed by atoms with E-state index < -0.39 is 10.8 Å². The van der Waals surface area contributed by atoms with Crippen molar-refractivity contribution in [2.45, 2.75) is 13.3 Å². The SMILES string of the molecule is Cc1c(Br)cnc(N2CC(=O)CC2=O)c1[N+](=O)[O-]. The Balaban J connectivity index is 2.58. The zero-order chi connectivity index (χ0) is 13.4. The molecule has 1 aromatic rings. The summed E-state index contributed by atoms with van der Waals surface area (Å²) in [5, 5.41) is 11.1. The smallest absolute Gasteiger partial charge is 0.297 e. The highest BCUT2D eigenvalue weighted by Crippen LogP contribution is 2.34. The summed E-state index contributed by atoms with van der Waals surface area (Å²) in [6.07, 6.45) is 1.15. The van der Waals surface area contributed by atoms with Gasteiger partial charge < -0.3 is 0 Å². The lowest BCUT2D eigenvalue weighted by Gasteiger charge is -2.14. The topological polar surface area (TPSA) is 93.4 Å². The lowest BCUT2D eigenvalue weighted by atomic mass is 10.2. The first kappa shape index (κ1) is 12.6. The molecule has 0 radical (unpaired) electrons. The molecule has 1 aliphatic rings. The second kappa shape index (κ2) is 4.45. The fraction of sp³-hybridized carbons (Fsp3) is 0.300.